The van der Waals surface area contributed by atoms with Crippen LogP contribution in [0.5, 0.6) is 0 Å². The van der Waals surface area contributed by atoms with Gasteiger partial charge in [0.05, 0.1) is 11.4 Å². The Labute approximate surface area is 220 Å². The summed E-state index contributed by atoms with van der Waals surface area (Å²) < 4.78 is 25.7. The highest BCUT2D eigenvalue weighted by atomic mass is 32.1. The van der Waals surface area contributed by atoms with E-state index in [4.69, 9.17) is 5.73 Å². The monoisotopic (exact) mass is 527 g/mol. The minimum atomic E-state index is -3.29. The van der Waals surface area contributed by atoms with E-state index in [9.17, 15) is 18.5 Å². The SMILES string of the molecule is C=CC.C=CN(C)/C(C=O)=C\c1cccc(N=O)c1.CNCc1csc(-c2ccc(C(N)(F)F)cc2)n1. The van der Waals surface area contributed by atoms with Crippen LogP contribution in [0.1, 0.15) is 23.7 Å². The number of rotatable bonds is 9. The lowest BCUT2D eigenvalue weighted by atomic mass is 10.1. The molecule has 3 rings (SSSR count). The summed E-state index contributed by atoms with van der Waals surface area (Å²) in [4.78, 5) is 27.1. The van der Waals surface area contributed by atoms with Crippen molar-refractivity contribution in [1.82, 2.24) is 15.2 Å². The van der Waals surface area contributed by atoms with Crippen LogP contribution in [0.2, 0.25) is 0 Å². The second-order valence-electron chi connectivity index (χ2n) is 7.45. The topological polar surface area (TPSA) is 101 Å². The summed E-state index contributed by atoms with van der Waals surface area (Å²) >= 11 is 1.49. The van der Waals surface area contributed by atoms with E-state index >= 15 is 0 Å². The van der Waals surface area contributed by atoms with E-state index in [2.05, 4.69) is 28.6 Å². The highest BCUT2D eigenvalue weighted by Crippen LogP contribution is 2.27. The molecule has 37 heavy (non-hydrogen) atoms. The third kappa shape index (κ3) is 10.7. The molecular weight excluding hydrogens is 496 g/mol. The quantitative estimate of drug-likeness (QED) is 0.109. The Morgan fingerprint density at radius 2 is 1.89 bits per heavy atom. The molecule has 0 radical (unpaired) electrons. The maximum atomic E-state index is 12.8. The lowest BCUT2D eigenvalue weighted by Gasteiger charge is -2.12. The van der Waals surface area contributed by atoms with Crippen molar-refractivity contribution in [2.75, 3.05) is 14.1 Å². The maximum absolute atomic E-state index is 12.8. The average Bonchev–Trinajstić information content (AvgIpc) is 3.36. The Kier molecular flexibility index (Phi) is 13.5. The third-order valence-corrected chi connectivity index (χ3v) is 5.46. The van der Waals surface area contributed by atoms with Gasteiger partial charge in [-0.05, 0) is 49.1 Å². The molecule has 0 aliphatic heterocycles. The number of nitrogens with one attached hydrogen (secondary N) is 1. The molecule has 0 bridgehead atoms. The molecule has 2 aromatic carbocycles. The van der Waals surface area contributed by atoms with Crippen molar-refractivity contribution in [3.05, 3.63) is 107 Å². The Morgan fingerprint density at radius 1 is 1.24 bits per heavy atom. The van der Waals surface area contributed by atoms with Crippen LogP contribution in [-0.4, -0.2) is 30.3 Å². The summed E-state index contributed by atoms with van der Waals surface area (Å²) in [6.07, 6.45) is 5.66. The van der Waals surface area contributed by atoms with E-state index < -0.39 is 6.05 Å². The highest BCUT2D eigenvalue weighted by Gasteiger charge is 2.24. The molecule has 0 aliphatic rings. The van der Waals surface area contributed by atoms with Crippen LogP contribution < -0.4 is 11.1 Å². The maximum Gasteiger partial charge on any atom is 0.326 e. The number of hydrogen-bond donors (Lipinski definition) is 2. The fourth-order valence-electron chi connectivity index (χ4n) is 2.70. The summed E-state index contributed by atoms with van der Waals surface area (Å²) in [6.45, 7) is 9.50. The lowest BCUT2D eigenvalue weighted by Crippen LogP contribution is -2.24. The van der Waals surface area contributed by atoms with Gasteiger partial charge in [-0.3, -0.25) is 10.5 Å². The zero-order valence-corrected chi connectivity index (χ0v) is 21.8. The number of carbonyl (C=O) groups is 1. The van der Waals surface area contributed by atoms with E-state index in [0.29, 0.717) is 17.9 Å². The summed E-state index contributed by atoms with van der Waals surface area (Å²) in [5.74, 6) is 0. The number of hydrogen-bond acceptors (Lipinski definition) is 8. The van der Waals surface area contributed by atoms with Gasteiger partial charge < -0.3 is 10.2 Å². The Bertz CT molecular complexity index is 1190. The van der Waals surface area contributed by atoms with Crippen LogP contribution in [0.3, 0.4) is 0 Å². The Morgan fingerprint density at radius 3 is 2.41 bits per heavy atom. The van der Waals surface area contributed by atoms with Crippen molar-refractivity contribution in [2.45, 2.75) is 19.5 Å². The van der Waals surface area contributed by atoms with Crippen molar-refractivity contribution >= 4 is 29.4 Å². The van der Waals surface area contributed by atoms with Crippen LogP contribution in [0.25, 0.3) is 16.6 Å². The molecule has 7 nitrogen and oxygen atoms in total. The minimum Gasteiger partial charge on any atom is -0.349 e. The molecule has 0 fully saturated rings. The van der Waals surface area contributed by atoms with Gasteiger partial charge in [-0.25, -0.2) is 4.98 Å². The molecule has 3 aromatic rings. The second-order valence-corrected chi connectivity index (χ2v) is 8.31. The Balaban J connectivity index is 0.000000337. The van der Waals surface area contributed by atoms with Crippen LogP contribution in [0, 0.1) is 4.91 Å². The summed E-state index contributed by atoms with van der Waals surface area (Å²) in [6, 6.07) is 9.28. The number of nitroso groups, excluding NO2 is 1. The molecular formula is C27H31F2N5O2S. The van der Waals surface area contributed by atoms with Crippen LogP contribution in [0.15, 0.2) is 90.2 Å². The van der Waals surface area contributed by atoms with Gasteiger partial charge in [0.1, 0.15) is 10.7 Å². The van der Waals surface area contributed by atoms with Crippen molar-refractivity contribution < 1.29 is 13.6 Å². The predicted octanol–water partition coefficient (Wildman–Crippen LogP) is 6.43. The van der Waals surface area contributed by atoms with Crippen molar-refractivity contribution in [1.29, 1.82) is 0 Å². The molecule has 1 heterocycles. The standard InChI is InChI=1S/C12H13F2N3S.C12H12N2O2.C3H6/c1-16-6-10-7-18-11(17-10)8-2-4-9(5-3-8)12(13,14)15;1-3-14(2)12(9-15)8-10-5-4-6-11(7-10)13-16;1-3-2/h2-5,7,16H,6,15H2,1H3;3-9H,1H2,2H3;3H,1H2,2H3/b;12-8-;. The molecule has 0 saturated carbocycles. The van der Waals surface area contributed by atoms with E-state index in [1.165, 1.54) is 29.7 Å². The van der Waals surface area contributed by atoms with Crippen LogP contribution in [0.4, 0.5) is 14.5 Å². The van der Waals surface area contributed by atoms with Gasteiger partial charge in [0, 0.05) is 30.1 Å². The van der Waals surface area contributed by atoms with Crippen molar-refractivity contribution in [3.8, 4) is 10.6 Å². The first-order valence-electron chi connectivity index (χ1n) is 11.0. The zero-order chi connectivity index (χ0) is 27.8. The number of allylic oxidation sites excluding steroid dienone is 2. The van der Waals surface area contributed by atoms with Crippen LogP contribution in [-0.2, 0) is 17.4 Å². The lowest BCUT2D eigenvalue weighted by molar-refractivity contribution is -0.105. The zero-order valence-electron chi connectivity index (χ0n) is 21.0. The van der Waals surface area contributed by atoms with Gasteiger partial charge in [-0.2, -0.15) is 8.78 Å². The molecule has 0 aliphatic carbocycles. The summed E-state index contributed by atoms with van der Waals surface area (Å²) in [5, 5.41) is 8.59. The minimum absolute atomic E-state index is 0.196. The van der Waals surface area contributed by atoms with E-state index in [1.807, 2.05) is 19.4 Å². The molecule has 0 saturated heterocycles. The predicted molar refractivity (Wildman–Crippen MR) is 148 cm³/mol. The van der Waals surface area contributed by atoms with E-state index in [0.717, 1.165) is 28.1 Å². The van der Waals surface area contributed by atoms with Crippen LogP contribution >= 0.6 is 11.3 Å². The highest BCUT2D eigenvalue weighted by molar-refractivity contribution is 7.13. The molecule has 0 amide bonds. The number of carbonyl (C=O) groups excluding carboxylic acids is 1. The van der Waals surface area contributed by atoms with Gasteiger partial charge >= 0.3 is 6.05 Å². The number of alkyl halides is 2. The van der Waals surface area contributed by atoms with Crippen molar-refractivity contribution in [2.24, 2.45) is 10.9 Å². The molecule has 1 aromatic heterocycles. The second kappa shape index (κ2) is 16.0. The van der Waals surface area contributed by atoms with Gasteiger partial charge in [-0.15, -0.1) is 22.8 Å². The molecule has 3 N–H and O–H groups in total. The average molecular weight is 528 g/mol. The largest absolute Gasteiger partial charge is 0.349 e. The van der Waals surface area contributed by atoms with E-state index in [-0.39, 0.29) is 5.56 Å². The summed E-state index contributed by atoms with van der Waals surface area (Å²) in [7, 11) is 3.56. The first-order chi connectivity index (χ1) is 17.6. The normalized spacial score (nSPS) is 10.7. The Hall–Kier alpha value is -3.86. The fraction of sp³-hybridized carbons (Fsp3) is 0.185. The van der Waals surface area contributed by atoms with Crippen molar-refractivity contribution in [3.63, 3.8) is 0 Å². The van der Waals surface area contributed by atoms with Gasteiger partial charge in [0.25, 0.3) is 0 Å². The number of thiazole rings is 1. The first kappa shape index (κ1) is 31.2. The third-order valence-electron chi connectivity index (χ3n) is 4.52. The fourth-order valence-corrected chi connectivity index (χ4v) is 3.53. The first-order valence-corrected chi connectivity index (χ1v) is 11.9. The van der Waals surface area contributed by atoms with E-state index in [1.54, 1.807) is 60.5 Å². The van der Waals surface area contributed by atoms with Gasteiger partial charge in [0.2, 0.25) is 0 Å². The molecule has 0 unspecified atom stereocenters. The molecule has 10 heteroatoms. The smallest absolute Gasteiger partial charge is 0.326 e. The number of aromatic nitrogens is 1. The van der Waals surface area contributed by atoms with Gasteiger partial charge in [0.15, 0.2) is 6.29 Å². The number of nitrogens with zero attached hydrogens (tertiary/aromatic N) is 3. The molecule has 0 atom stereocenters. The number of benzene rings is 2. The molecule has 196 valence electrons. The number of halogens is 2. The number of aldehydes is 1. The molecule has 0 spiro atoms. The van der Waals surface area contributed by atoms with Gasteiger partial charge in [-0.1, -0.05) is 49.1 Å². The summed E-state index contributed by atoms with van der Waals surface area (Å²) in [5.41, 5.74) is 7.82. The number of likely N-dealkylation sites (N-methyl/N-ethyl adjacent to an activating group) is 1. The number of nitrogens with two attached hydrogens (primary N) is 1.